The molecule has 0 radical (unpaired) electrons. The minimum absolute atomic E-state index is 0.0708. The molecule has 3 heterocycles. The van der Waals surface area contributed by atoms with Crippen LogP contribution in [0, 0.1) is 0 Å². The zero-order valence-electron chi connectivity index (χ0n) is 18.7. The predicted octanol–water partition coefficient (Wildman–Crippen LogP) is 4.13. The summed E-state index contributed by atoms with van der Waals surface area (Å²) in [4.78, 5) is 7.14. The number of hydrogen-bond donors (Lipinski definition) is 1. The van der Waals surface area contributed by atoms with E-state index in [1.807, 2.05) is 12.3 Å². The quantitative estimate of drug-likeness (QED) is 0.771. The van der Waals surface area contributed by atoms with Gasteiger partial charge >= 0.3 is 0 Å². The Kier molecular flexibility index (Phi) is 5.64. The lowest BCUT2D eigenvalue weighted by Gasteiger charge is -2.49. The molecule has 0 aliphatic carbocycles. The Labute approximate surface area is 179 Å². The second-order valence-electron chi connectivity index (χ2n) is 9.71. The minimum Gasteiger partial charge on any atom is -0.493 e. The fourth-order valence-electron chi connectivity index (χ4n) is 5.05. The largest absolute Gasteiger partial charge is 0.493 e. The molecule has 2 aromatic rings. The number of rotatable bonds is 6. The molecule has 0 amide bonds. The maximum absolute atomic E-state index is 5.65. The van der Waals surface area contributed by atoms with Gasteiger partial charge in [0.15, 0.2) is 11.5 Å². The van der Waals surface area contributed by atoms with Gasteiger partial charge in [-0.2, -0.15) is 0 Å². The summed E-state index contributed by atoms with van der Waals surface area (Å²) in [5, 5.41) is 3.80. The van der Waals surface area contributed by atoms with E-state index in [0.717, 1.165) is 48.7 Å². The van der Waals surface area contributed by atoms with Crippen molar-refractivity contribution in [1.82, 2.24) is 15.2 Å². The summed E-state index contributed by atoms with van der Waals surface area (Å²) in [7, 11) is 1.67. The lowest BCUT2D eigenvalue weighted by molar-refractivity contribution is 0.0555. The number of fused-ring (bicyclic) bond motifs is 1. The molecule has 0 bridgehead atoms. The highest BCUT2D eigenvalue weighted by molar-refractivity contribution is 5.55. The normalized spacial score (nSPS) is 19.8. The molecule has 2 aliphatic rings. The Hall–Kier alpha value is -2.31. The van der Waals surface area contributed by atoms with Gasteiger partial charge in [-0.25, -0.2) is 0 Å². The molecule has 1 aromatic carbocycles. The van der Waals surface area contributed by atoms with Crippen LogP contribution in [0.5, 0.6) is 17.2 Å². The van der Waals surface area contributed by atoms with Gasteiger partial charge in [0.25, 0.3) is 0 Å². The van der Waals surface area contributed by atoms with Crippen molar-refractivity contribution in [2.45, 2.75) is 70.7 Å². The lowest BCUT2D eigenvalue weighted by Crippen LogP contribution is -2.62. The summed E-state index contributed by atoms with van der Waals surface area (Å²) in [5.41, 5.74) is 2.38. The standard InChI is InChI=1S/C24H33N3O3/c1-23(2)12-19(13-24(3,4)26-23)27(15-18-8-6-7-9-25-18)14-17-10-20(28-5)22-21(11-17)29-16-30-22/h6-11,19,26H,12-16H2,1-5H3. The molecule has 4 rings (SSSR count). The molecule has 0 unspecified atom stereocenters. The predicted molar refractivity (Wildman–Crippen MR) is 117 cm³/mol. The second-order valence-corrected chi connectivity index (χ2v) is 9.71. The number of methoxy groups -OCH3 is 1. The molecule has 6 heteroatoms. The number of ether oxygens (including phenoxy) is 3. The number of benzene rings is 1. The second kappa shape index (κ2) is 8.08. The average molecular weight is 412 g/mol. The number of nitrogens with one attached hydrogen (secondary N) is 1. The van der Waals surface area contributed by atoms with Gasteiger partial charge in [-0.3, -0.25) is 9.88 Å². The van der Waals surface area contributed by atoms with E-state index in [9.17, 15) is 0 Å². The van der Waals surface area contributed by atoms with E-state index in [0.29, 0.717) is 11.8 Å². The maximum Gasteiger partial charge on any atom is 0.231 e. The van der Waals surface area contributed by atoms with Crippen molar-refractivity contribution >= 4 is 0 Å². The van der Waals surface area contributed by atoms with Crippen LogP contribution < -0.4 is 19.5 Å². The van der Waals surface area contributed by atoms with Gasteiger partial charge in [0.1, 0.15) is 0 Å². The van der Waals surface area contributed by atoms with Gasteiger partial charge in [0, 0.05) is 36.4 Å². The molecule has 1 saturated heterocycles. The molecule has 0 atom stereocenters. The fourth-order valence-corrected chi connectivity index (χ4v) is 5.05. The van der Waals surface area contributed by atoms with Gasteiger partial charge in [-0.15, -0.1) is 0 Å². The summed E-state index contributed by atoms with van der Waals surface area (Å²) in [6, 6.07) is 10.7. The highest BCUT2D eigenvalue weighted by atomic mass is 16.7. The molecule has 6 nitrogen and oxygen atoms in total. The van der Waals surface area contributed by atoms with E-state index in [-0.39, 0.29) is 17.9 Å². The smallest absolute Gasteiger partial charge is 0.231 e. The van der Waals surface area contributed by atoms with E-state index in [2.05, 4.69) is 67.2 Å². The van der Waals surface area contributed by atoms with Crippen molar-refractivity contribution in [2.75, 3.05) is 13.9 Å². The molecular weight excluding hydrogens is 378 g/mol. The third-order valence-corrected chi connectivity index (χ3v) is 5.88. The van der Waals surface area contributed by atoms with Gasteiger partial charge in [0.05, 0.1) is 12.8 Å². The van der Waals surface area contributed by atoms with Crippen LogP contribution in [0.3, 0.4) is 0 Å². The van der Waals surface area contributed by atoms with Gasteiger partial charge in [-0.05, 0) is 70.4 Å². The van der Waals surface area contributed by atoms with Crippen LogP contribution in [-0.2, 0) is 13.1 Å². The fraction of sp³-hybridized carbons (Fsp3) is 0.542. The van der Waals surface area contributed by atoms with Crippen molar-refractivity contribution in [3.05, 3.63) is 47.8 Å². The molecule has 0 saturated carbocycles. The zero-order valence-corrected chi connectivity index (χ0v) is 18.7. The maximum atomic E-state index is 5.65. The van der Waals surface area contributed by atoms with E-state index in [1.165, 1.54) is 0 Å². The number of piperidine rings is 1. The molecular formula is C24H33N3O3. The van der Waals surface area contributed by atoms with Crippen molar-refractivity contribution in [3.63, 3.8) is 0 Å². The van der Waals surface area contributed by atoms with Crippen LogP contribution in [0.4, 0.5) is 0 Å². The number of hydrogen-bond acceptors (Lipinski definition) is 6. The molecule has 162 valence electrons. The first-order valence-electron chi connectivity index (χ1n) is 10.6. The highest BCUT2D eigenvalue weighted by Gasteiger charge is 2.40. The Balaban J connectivity index is 1.64. The zero-order chi connectivity index (χ0) is 21.4. The molecule has 0 spiro atoms. The lowest BCUT2D eigenvalue weighted by atomic mass is 9.79. The Morgan fingerprint density at radius 2 is 1.87 bits per heavy atom. The number of pyridine rings is 1. The van der Waals surface area contributed by atoms with Crippen molar-refractivity contribution in [1.29, 1.82) is 0 Å². The van der Waals surface area contributed by atoms with Crippen LogP contribution in [0.2, 0.25) is 0 Å². The monoisotopic (exact) mass is 411 g/mol. The minimum atomic E-state index is 0.0708. The first-order chi connectivity index (χ1) is 14.2. The summed E-state index contributed by atoms with van der Waals surface area (Å²) in [6.07, 6.45) is 4.02. The Bertz CT molecular complexity index is 867. The third kappa shape index (κ3) is 4.71. The van der Waals surface area contributed by atoms with Crippen LogP contribution >= 0.6 is 0 Å². The van der Waals surface area contributed by atoms with Crippen LogP contribution in [0.15, 0.2) is 36.5 Å². The highest BCUT2D eigenvalue weighted by Crippen LogP contribution is 2.42. The molecule has 1 aromatic heterocycles. The SMILES string of the molecule is COc1cc(CN(Cc2ccccn2)C2CC(C)(C)NC(C)(C)C2)cc2c1OCO2. The number of aromatic nitrogens is 1. The third-order valence-electron chi connectivity index (χ3n) is 5.88. The summed E-state index contributed by atoms with van der Waals surface area (Å²) in [6.45, 7) is 11.0. The summed E-state index contributed by atoms with van der Waals surface area (Å²) in [5.74, 6) is 2.18. The first-order valence-corrected chi connectivity index (χ1v) is 10.6. The average Bonchev–Trinajstić information content (AvgIpc) is 3.14. The van der Waals surface area contributed by atoms with Gasteiger partial charge < -0.3 is 19.5 Å². The molecule has 30 heavy (non-hydrogen) atoms. The topological polar surface area (TPSA) is 55.9 Å². The van der Waals surface area contributed by atoms with Crippen LogP contribution in [0.25, 0.3) is 0 Å². The van der Waals surface area contributed by atoms with Crippen LogP contribution in [0.1, 0.15) is 51.8 Å². The Morgan fingerprint density at radius 1 is 1.10 bits per heavy atom. The van der Waals surface area contributed by atoms with E-state index >= 15 is 0 Å². The van der Waals surface area contributed by atoms with E-state index in [1.54, 1.807) is 7.11 Å². The summed E-state index contributed by atoms with van der Waals surface area (Å²) < 4.78 is 16.8. The Morgan fingerprint density at radius 3 is 2.53 bits per heavy atom. The first kappa shape index (κ1) is 20.9. The van der Waals surface area contributed by atoms with Gasteiger partial charge in [0.2, 0.25) is 12.5 Å². The van der Waals surface area contributed by atoms with E-state index in [4.69, 9.17) is 14.2 Å². The number of nitrogens with zero attached hydrogens (tertiary/aromatic N) is 2. The molecule has 1 fully saturated rings. The van der Waals surface area contributed by atoms with Crippen molar-refractivity contribution < 1.29 is 14.2 Å². The summed E-state index contributed by atoms with van der Waals surface area (Å²) >= 11 is 0. The van der Waals surface area contributed by atoms with Crippen LogP contribution in [-0.4, -0.2) is 40.9 Å². The van der Waals surface area contributed by atoms with Gasteiger partial charge in [-0.1, -0.05) is 6.07 Å². The molecule has 1 N–H and O–H groups in total. The van der Waals surface area contributed by atoms with Crippen molar-refractivity contribution in [2.24, 2.45) is 0 Å². The molecule has 2 aliphatic heterocycles. The van der Waals surface area contributed by atoms with Crippen molar-refractivity contribution in [3.8, 4) is 17.2 Å². The van der Waals surface area contributed by atoms with E-state index < -0.39 is 0 Å².